The minimum absolute atomic E-state index is 0.554. The molecule has 2 nitrogen and oxygen atoms in total. The van der Waals surface area contributed by atoms with Crippen molar-refractivity contribution >= 4 is 11.3 Å². The van der Waals surface area contributed by atoms with Gasteiger partial charge in [-0.3, -0.25) is 0 Å². The highest BCUT2D eigenvalue weighted by molar-refractivity contribution is 7.09. The lowest BCUT2D eigenvalue weighted by Crippen LogP contribution is -2.19. The van der Waals surface area contributed by atoms with Crippen LogP contribution in [0.15, 0.2) is 41.8 Å². The van der Waals surface area contributed by atoms with E-state index in [1.54, 1.807) is 11.3 Å². The van der Waals surface area contributed by atoms with Crippen LogP contribution in [0.2, 0.25) is 0 Å². The van der Waals surface area contributed by atoms with Crippen molar-refractivity contribution in [2.45, 2.75) is 32.8 Å². The summed E-state index contributed by atoms with van der Waals surface area (Å²) in [7, 11) is 0. The Balaban J connectivity index is 1.71. The summed E-state index contributed by atoms with van der Waals surface area (Å²) in [6.45, 7) is 7.96. The molecule has 0 fully saturated rings. The first-order valence-corrected chi connectivity index (χ1v) is 8.57. The molecule has 0 amide bonds. The van der Waals surface area contributed by atoms with Crippen molar-refractivity contribution in [2.24, 2.45) is 0 Å². The lowest BCUT2D eigenvalue weighted by Gasteiger charge is -2.13. The number of benzene rings is 1. The largest absolute Gasteiger partial charge is 0.376 e. The summed E-state index contributed by atoms with van der Waals surface area (Å²) in [5.41, 5.74) is 2.64. The number of thiophene rings is 1. The molecule has 0 aliphatic carbocycles. The van der Waals surface area contributed by atoms with Gasteiger partial charge in [0.1, 0.15) is 0 Å². The Morgan fingerprint density at radius 2 is 2.00 bits per heavy atom. The summed E-state index contributed by atoms with van der Waals surface area (Å²) in [5.74, 6) is 0.554. The van der Waals surface area contributed by atoms with Gasteiger partial charge < -0.3 is 10.1 Å². The fourth-order valence-corrected chi connectivity index (χ4v) is 2.93. The Bertz CT molecular complexity index is 492. The van der Waals surface area contributed by atoms with Gasteiger partial charge in [-0.1, -0.05) is 44.2 Å². The van der Waals surface area contributed by atoms with Crippen LogP contribution in [-0.2, 0) is 17.8 Å². The first kappa shape index (κ1) is 16.2. The normalized spacial score (nSPS) is 12.5. The third kappa shape index (κ3) is 5.62. The highest BCUT2D eigenvalue weighted by Crippen LogP contribution is 2.16. The summed E-state index contributed by atoms with van der Waals surface area (Å²) in [4.78, 5) is 1.39. The third-order valence-corrected chi connectivity index (χ3v) is 4.53. The van der Waals surface area contributed by atoms with Gasteiger partial charge in [-0.25, -0.2) is 0 Å². The van der Waals surface area contributed by atoms with E-state index >= 15 is 0 Å². The molecule has 21 heavy (non-hydrogen) atoms. The Morgan fingerprint density at radius 3 is 2.67 bits per heavy atom. The van der Waals surface area contributed by atoms with Crippen molar-refractivity contribution in [3.8, 4) is 0 Å². The second-order valence-electron chi connectivity index (χ2n) is 5.33. The van der Waals surface area contributed by atoms with Gasteiger partial charge in [-0.05, 0) is 35.0 Å². The molecule has 1 atom stereocenters. The standard InChI is InChI=1S/C18H25NOS/c1-3-19-13-15(2)17-8-6-16(7-9-17)14-20-11-10-18-5-4-12-21-18/h4-9,12,15,19H,3,10-11,13-14H2,1-2H3. The van der Waals surface area contributed by atoms with E-state index in [1.807, 2.05) is 0 Å². The van der Waals surface area contributed by atoms with Crippen LogP contribution in [0.3, 0.4) is 0 Å². The van der Waals surface area contributed by atoms with E-state index in [-0.39, 0.29) is 0 Å². The van der Waals surface area contributed by atoms with E-state index in [0.717, 1.165) is 26.1 Å². The second kappa shape index (κ2) is 8.98. The number of likely N-dealkylation sites (N-methyl/N-ethyl adjacent to an activating group) is 1. The van der Waals surface area contributed by atoms with Crippen molar-refractivity contribution in [3.63, 3.8) is 0 Å². The van der Waals surface area contributed by atoms with E-state index in [0.29, 0.717) is 12.5 Å². The van der Waals surface area contributed by atoms with Crippen LogP contribution >= 0.6 is 11.3 Å². The van der Waals surface area contributed by atoms with Crippen LogP contribution in [0.4, 0.5) is 0 Å². The fourth-order valence-electron chi connectivity index (χ4n) is 2.24. The van der Waals surface area contributed by atoms with Crippen molar-refractivity contribution in [1.29, 1.82) is 0 Å². The molecule has 114 valence electrons. The molecule has 1 unspecified atom stereocenters. The maximum Gasteiger partial charge on any atom is 0.0717 e. The lowest BCUT2D eigenvalue weighted by atomic mass is 10.00. The second-order valence-corrected chi connectivity index (χ2v) is 6.36. The van der Waals surface area contributed by atoms with Gasteiger partial charge >= 0.3 is 0 Å². The maximum atomic E-state index is 5.75. The molecule has 0 bridgehead atoms. The van der Waals surface area contributed by atoms with E-state index in [9.17, 15) is 0 Å². The molecule has 0 saturated heterocycles. The summed E-state index contributed by atoms with van der Waals surface area (Å²) in [6, 6.07) is 13.1. The molecular weight excluding hydrogens is 278 g/mol. The predicted octanol–water partition coefficient (Wildman–Crippen LogP) is 4.22. The van der Waals surface area contributed by atoms with Gasteiger partial charge in [0.15, 0.2) is 0 Å². The average Bonchev–Trinajstić information content (AvgIpc) is 3.03. The Hall–Kier alpha value is -1.16. The SMILES string of the molecule is CCNCC(C)c1ccc(COCCc2cccs2)cc1. The highest BCUT2D eigenvalue weighted by Gasteiger charge is 2.04. The average molecular weight is 303 g/mol. The van der Waals surface area contributed by atoms with Gasteiger partial charge in [0, 0.05) is 17.8 Å². The molecule has 1 aromatic carbocycles. The van der Waals surface area contributed by atoms with Gasteiger partial charge in [0.05, 0.1) is 13.2 Å². The molecule has 1 N–H and O–H groups in total. The zero-order valence-corrected chi connectivity index (χ0v) is 13.8. The minimum Gasteiger partial charge on any atom is -0.376 e. The van der Waals surface area contributed by atoms with Gasteiger partial charge in [0.25, 0.3) is 0 Å². The first-order valence-electron chi connectivity index (χ1n) is 7.69. The van der Waals surface area contributed by atoms with Crippen molar-refractivity contribution in [2.75, 3.05) is 19.7 Å². The molecule has 1 heterocycles. The van der Waals surface area contributed by atoms with E-state index in [1.165, 1.54) is 16.0 Å². The van der Waals surface area contributed by atoms with E-state index < -0.39 is 0 Å². The third-order valence-electron chi connectivity index (χ3n) is 3.59. The smallest absolute Gasteiger partial charge is 0.0717 e. The van der Waals surface area contributed by atoms with Crippen LogP contribution < -0.4 is 5.32 Å². The maximum absolute atomic E-state index is 5.75. The topological polar surface area (TPSA) is 21.3 Å². The molecule has 0 aliphatic heterocycles. The molecule has 2 aromatic rings. The van der Waals surface area contributed by atoms with Gasteiger partial charge in [-0.15, -0.1) is 11.3 Å². The van der Waals surface area contributed by atoms with Crippen molar-refractivity contribution in [3.05, 3.63) is 57.8 Å². The van der Waals surface area contributed by atoms with Crippen molar-refractivity contribution in [1.82, 2.24) is 5.32 Å². The number of nitrogens with one attached hydrogen (secondary N) is 1. The van der Waals surface area contributed by atoms with Gasteiger partial charge in [0.2, 0.25) is 0 Å². The lowest BCUT2D eigenvalue weighted by molar-refractivity contribution is 0.124. The predicted molar refractivity (Wildman–Crippen MR) is 91.1 cm³/mol. The zero-order chi connectivity index (χ0) is 14.9. The number of rotatable bonds is 9. The van der Waals surface area contributed by atoms with Crippen LogP contribution in [0, 0.1) is 0 Å². The summed E-state index contributed by atoms with van der Waals surface area (Å²) in [5, 5.41) is 5.51. The Labute approximate surface area is 132 Å². The fraction of sp³-hybridized carbons (Fsp3) is 0.444. The van der Waals surface area contributed by atoms with Gasteiger partial charge in [-0.2, -0.15) is 0 Å². The minimum atomic E-state index is 0.554. The monoisotopic (exact) mass is 303 g/mol. The molecule has 1 aromatic heterocycles. The molecule has 0 radical (unpaired) electrons. The number of ether oxygens (including phenoxy) is 1. The summed E-state index contributed by atoms with van der Waals surface area (Å²) < 4.78 is 5.75. The molecule has 0 aliphatic rings. The number of hydrogen-bond donors (Lipinski definition) is 1. The van der Waals surface area contributed by atoms with Crippen LogP contribution in [0.1, 0.15) is 35.8 Å². The zero-order valence-electron chi connectivity index (χ0n) is 13.0. The summed E-state index contributed by atoms with van der Waals surface area (Å²) in [6.07, 6.45) is 1.01. The molecule has 0 saturated carbocycles. The summed E-state index contributed by atoms with van der Waals surface area (Å²) >= 11 is 1.79. The van der Waals surface area contributed by atoms with E-state index in [2.05, 4.69) is 60.9 Å². The van der Waals surface area contributed by atoms with Crippen LogP contribution in [0.5, 0.6) is 0 Å². The number of hydrogen-bond acceptors (Lipinski definition) is 3. The van der Waals surface area contributed by atoms with E-state index in [4.69, 9.17) is 4.74 Å². The molecule has 2 rings (SSSR count). The molecule has 3 heteroatoms. The van der Waals surface area contributed by atoms with Crippen LogP contribution in [-0.4, -0.2) is 19.7 Å². The molecule has 0 spiro atoms. The first-order chi connectivity index (χ1) is 10.3. The van der Waals surface area contributed by atoms with Crippen LogP contribution in [0.25, 0.3) is 0 Å². The highest BCUT2D eigenvalue weighted by atomic mass is 32.1. The Kier molecular flexibility index (Phi) is 6.93. The Morgan fingerprint density at radius 1 is 1.19 bits per heavy atom. The quantitative estimate of drug-likeness (QED) is 0.700. The van der Waals surface area contributed by atoms with Crippen molar-refractivity contribution < 1.29 is 4.74 Å². The molecular formula is C18H25NOS.